The number of benzene rings is 2. The van der Waals surface area contributed by atoms with E-state index in [1.807, 2.05) is 0 Å². The molecule has 0 aliphatic rings. The fourth-order valence-electron chi connectivity index (χ4n) is 1.80. The normalized spacial score (nSPS) is 12.5. The van der Waals surface area contributed by atoms with Crippen LogP contribution in [0.3, 0.4) is 0 Å². The van der Waals surface area contributed by atoms with Gasteiger partial charge in [-0.25, -0.2) is 0 Å². The summed E-state index contributed by atoms with van der Waals surface area (Å²) in [5.41, 5.74) is -0.662. The topological polar surface area (TPSA) is 32.6 Å². The summed E-state index contributed by atoms with van der Waals surface area (Å²) in [4.78, 5) is 0. The van der Waals surface area contributed by atoms with Gasteiger partial charge in [0.1, 0.15) is 5.71 Å². The largest absolute Gasteiger partial charge is 0.417 e. The standard InChI is InChI=1S/C14H10F3NO/c15-14(16,17)12-9-5-4-8-11(12)13(18-19)10-6-2-1-3-7-10/h1-9,19H. The number of hydrogen-bond acceptors (Lipinski definition) is 2. The molecule has 19 heavy (non-hydrogen) atoms. The van der Waals surface area contributed by atoms with Gasteiger partial charge in [-0.3, -0.25) is 0 Å². The first-order valence-corrected chi connectivity index (χ1v) is 5.48. The third kappa shape index (κ3) is 2.76. The Kier molecular flexibility index (Phi) is 3.55. The van der Waals surface area contributed by atoms with E-state index in [0.29, 0.717) is 5.56 Å². The van der Waals surface area contributed by atoms with E-state index in [2.05, 4.69) is 5.16 Å². The Hall–Kier alpha value is -2.30. The van der Waals surface area contributed by atoms with Gasteiger partial charge >= 0.3 is 6.18 Å². The molecule has 0 atom stereocenters. The number of nitrogens with zero attached hydrogens (tertiary/aromatic N) is 1. The van der Waals surface area contributed by atoms with Crippen LogP contribution in [0, 0.1) is 0 Å². The summed E-state index contributed by atoms with van der Waals surface area (Å²) in [6.07, 6.45) is -4.50. The average Bonchev–Trinajstić information content (AvgIpc) is 2.40. The van der Waals surface area contributed by atoms with Crippen molar-refractivity contribution in [1.82, 2.24) is 0 Å². The van der Waals surface area contributed by atoms with E-state index in [4.69, 9.17) is 5.21 Å². The van der Waals surface area contributed by atoms with Gasteiger partial charge in [0.25, 0.3) is 0 Å². The Labute approximate surface area is 107 Å². The second kappa shape index (κ2) is 5.14. The lowest BCUT2D eigenvalue weighted by Gasteiger charge is -2.13. The van der Waals surface area contributed by atoms with Crippen LogP contribution in [0.5, 0.6) is 0 Å². The monoisotopic (exact) mass is 265 g/mol. The van der Waals surface area contributed by atoms with Gasteiger partial charge in [0.15, 0.2) is 0 Å². The van der Waals surface area contributed by atoms with E-state index >= 15 is 0 Å². The van der Waals surface area contributed by atoms with Crippen LogP contribution in [0.2, 0.25) is 0 Å². The van der Waals surface area contributed by atoms with Crippen LogP contribution < -0.4 is 0 Å². The zero-order valence-corrected chi connectivity index (χ0v) is 9.72. The van der Waals surface area contributed by atoms with Crippen LogP contribution in [-0.2, 0) is 6.18 Å². The molecule has 0 radical (unpaired) electrons. The molecule has 0 fully saturated rings. The van der Waals surface area contributed by atoms with Gasteiger partial charge in [-0.1, -0.05) is 53.7 Å². The second-order valence-electron chi connectivity index (χ2n) is 3.86. The third-order valence-electron chi connectivity index (χ3n) is 2.63. The maximum absolute atomic E-state index is 12.9. The molecule has 1 N–H and O–H groups in total. The fourth-order valence-corrected chi connectivity index (χ4v) is 1.80. The highest BCUT2D eigenvalue weighted by Gasteiger charge is 2.34. The Morgan fingerprint density at radius 2 is 1.47 bits per heavy atom. The molecule has 0 unspecified atom stereocenters. The number of rotatable bonds is 2. The van der Waals surface area contributed by atoms with Crippen LogP contribution in [0.25, 0.3) is 0 Å². The lowest BCUT2D eigenvalue weighted by Crippen LogP contribution is -2.14. The minimum absolute atomic E-state index is 0.103. The van der Waals surface area contributed by atoms with Crippen molar-refractivity contribution in [3.05, 3.63) is 71.3 Å². The predicted octanol–water partition coefficient (Wildman–Crippen LogP) is 3.93. The molecule has 0 saturated heterocycles. The SMILES string of the molecule is ON=C(c1ccccc1)c1ccccc1C(F)(F)F. The van der Waals surface area contributed by atoms with Gasteiger partial charge in [0.05, 0.1) is 5.56 Å². The minimum atomic E-state index is -4.50. The molecule has 0 aliphatic carbocycles. The van der Waals surface area contributed by atoms with Crippen molar-refractivity contribution in [2.45, 2.75) is 6.18 Å². The highest BCUT2D eigenvalue weighted by Crippen LogP contribution is 2.32. The van der Waals surface area contributed by atoms with Gasteiger partial charge < -0.3 is 5.21 Å². The predicted molar refractivity (Wildman–Crippen MR) is 65.3 cm³/mol. The van der Waals surface area contributed by atoms with Crippen LogP contribution in [0.15, 0.2) is 59.8 Å². The minimum Gasteiger partial charge on any atom is -0.410 e. The van der Waals surface area contributed by atoms with Crippen molar-refractivity contribution >= 4 is 5.71 Å². The lowest BCUT2D eigenvalue weighted by molar-refractivity contribution is -0.137. The maximum atomic E-state index is 12.9. The highest BCUT2D eigenvalue weighted by atomic mass is 19.4. The zero-order valence-electron chi connectivity index (χ0n) is 9.72. The Bertz CT molecular complexity index is 591. The molecule has 0 heterocycles. The second-order valence-corrected chi connectivity index (χ2v) is 3.86. The lowest BCUT2D eigenvalue weighted by atomic mass is 9.97. The molecule has 5 heteroatoms. The van der Waals surface area contributed by atoms with E-state index in [1.54, 1.807) is 30.3 Å². The van der Waals surface area contributed by atoms with Crippen molar-refractivity contribution in [3.63, 3.8) is 0 Å². The smallest absolute Gasteiger partial charge is 0.410 e. The first-order chi connectivity index (χ1) is 9.04. The van der Waals surface area contributed by atoms with E-state index < -0.39 is 11.7 Å². The summed E-state index contributed by atoms with van der Waals surface area (Å²) in [7, 11) is 0. The Morgan fingerprint density at radius 3 is 2.05 bits per heavy atom. The number of halogens is 3. The van der Waals surface area contributed by atoms with Crippen LogP contribution in [-0.4, -0.2) is 10.9 Å². The number of alkyl halides is 3. The van der Waals surface area contributed by atoms with Crippen molar-refractivity contribution in [1.29, 1.82) is 0 Å². The molecular weight excluding hydrogens is 255 g/mol. The van der Waals surface area contributed by atoms with E-state index in [-0.39, 0.29) is 11.3 Å². The van der Waals surface area contributed by atoms with Crippen LogP contribution in [0.1, 0.15) is 16.7 Å². The summed E-state index contributed by atoms with van der Waals surface area (Å²) in [5, 5.41) is 12.1. The van der Waals surface area contributed by atoms with E-state index in [9.17, 15) is 13.2 Å². The molecule has 98 valence electrons. The molecular formula is C14H10F3NO. The molecule has 0 aromatic heterocycles. The number of hydrogen-bond donors (Lipinski definition) is 1. The van der Waals surface area contributed by atoms with Crippen molar-refractivity contribution in [3.8, 4) is 0 Å². The molecule has 0 saturated carbocycles. The molecule has 0 amide bonds. The summed E-state index contributed by atoms with van der Waals surface area (Å²) in [6.45, 7) is 0. The Balaban J connectivity index is 2.58. The van der Waals surface area contributed by atoms with Crippen molar-refractivity contribution < 1.29 is 18.4 Å². The summed E-state index contributed by atoms with van der Waals surface area (Å²) >= 11 is 0. The fraction of sp³-hybridized carbons (Fsp3) is 0.0714. The summed E-state index contributed by atoms with van der Waals surface area (Å²) < 4.78 is 38.8. The van der Waals surface area contributed by atoms with Gasteiger partial charge in [0.2, 0.25) is 0 Å². The number of oxime groups is 1. The molecule has 2 rings (SSSR count). The van der Waals surface area contributed by atoms with Crippen molar-refractivity contribution in [2.24, 2.45) is 5.16 Å². The maximum Gasteiger partial charge on any atom is 0.417 e. The Morgan fingerprint density at radius 1 is 0.895 bits per heavy atom. The molecule has 2 aromatic carbocycles. The van der Waals surface area contributed by atoms with Gasteiger partial charge in [-0.15, -0.1) is 0 Å². The van der Waals surface area contributed by atoms with Gasteiger partial charge in [-0.05, 0) is 6.07 Å². The molecule has 0 bridgehead atoms. The van der Waals surface area contributed by atoms with Crippen LogP contribution >= 0.6 is 0 Å². The van der Waals surface area contributed by atoms with Gasteiger partial charge in [0, 0.05) is 11.1 Å². The first kappa shape index (κ1) is 13.1. The van der Waals surface area contributed by atoms with E-state index in [0.717, 1.165) is 6.07 Å². The van der Waals surface area contributed by atoms with Crippen LogP contribution in [0.4, 0.5) is 13.2 Å². The van der Waals surface area contributed by atoms with Gasteiger partial charge in [-0.2, -0.15) is 13.2 Å². The quantitative estimate of drug-likeness (QED) is 0.498. The first-order valence-electron chi connectivity index (χ1n) is 5.48. The highest BCUT2D eigenvalue weighted by molar-refractivity contribution is 6.13. The third-order valence-corrected chi connectivity index (χ3v) is 2.63. The molecule has 2 aromatic rings. The molecule has 2 nitrogen and oxygen atoms in total. The molecule has 0 spiro atoms. The summed E-state index contributed by atoms with van der Waals surface area (Å²) in [5.74, 6) is 0. The zero-order chi connectivity index (χ0) is 13.9. The van der Waals surface area contributed by atoms with Crippen molar-refractivity contribution in [2.75, 3.05) is 0 Å². The summed E-state index contributed by atoms with van der Waals surface area (Å²) in [6, 6.07) is 13.2. The average molecular weight is 265 g/mol. The molecule has 0 aliphatic heterocycles. The van der Waals surface area contributed by atoms with E-state index in [1.165, 1.54) is 18.2 Å².